The van der Waals surface area contributed by atoms with Crippen LogP contribution < -0.4 is 5.19 Å². The lowest BCUT2D eigenvalue weighted by Crippen LogP contribution is -2.43. The number of hydrogen-bond acceptors (Lipinski definition) is 1. The molecule has 1 aromatic rings. The molecule has 0 N–H and O–H groups in total. The Morgan fingerprint density at radius 1 is 1.07 bits per heavy atom. The molecule has 0 radical (unpaired) electrons. The maximum Gasteiger partial charge on any atom is 0.319 e. The molecule has 1 aromatic carbocycles. The summed E-state index contributed by atoms with van der Waals surface area (Å²) in [5.41, 5.74) is 5.27. The highest BCUT2D eigenvalue weighted by Gasteiger charge is 2.30. The van der Waals surface area contributed by atoms with Crippen LogP contribution in [0.5, 0.6) is 0 Å². The first-order valence-corrected chi connectivity index (χ1v) is 8.55. The Hall–Kier alpha value is -0.313. The Kier molecular flexibility index (Phi) is 3.64. The van der Waals surface area contributed by atoms with Gasteiger partial charge in [0.1, 0.15) is 0 Å². The van der Waals surface area contributed by atoms with E-state index in [4.69, 9.17) is 15.5 Å². The quantitative estimate of drug-likeness (QED) is 0.572. The van der Waals surface area contributed by atoms with Gasteiger partial charge in [0.05, 0.1) is 0 Å². The van der Waals surface area contributed by atoms with Crippen molar-refractivity contribution in [3.05, 3.63) is 28.3 Å². The first-order valence-electron chi connectivity index (χ1n) is 5.13. The summed E-state index contributed by atoms with van der Waals surface area (Å²) < 4.78 is 5.46. The molecule has 3 heteroatoms. The second-order valence-electron chi connectivity index (χ2n) is 4.24. The van der Waals surface area contributed by atoms with Gasteiger partial charge in [-0.25, -0.2) is 0 Å². The highest BCUT2D eigenvalue weighted by atomic mass is 35.6. The Balaban J connectivity index is 3.45. The van der Waals surface area contributed by atoms with Crippen LogP contribution in [0.3, 0.4) is 0 Å². The molecule has 1 nitrogen and oxygen atoms in total. The van der Waals surface area contributed by atoms with E-state index in [1.165, 1.54) is 27.4 Å². The third-order valence-corrected chi connectivity index (χ3v) is 6.67. The molecule has 0 bridgehead atoms. The number of halogens is 1. The van der Waals surface area contributed by atoms with Crippen LogP contribution in [0, 0.1) is 27.7 Å². The molecule has 1 atom stereocenters. The fraction of sp³-hybridized carbons (Fsp3) is 0.500. The first kappa shape index (κ1) is 12.8. The topological polar surface area (TPSA) is 9.23 Å². The van der Waals surface area contributed by atoms with Gasteiger partial charge in [0.15, 0.2) is 0 Å². The standard InChI is InChI=1S/C12H19ClOSi/c1-8-7-12(15(6,13)14-5)11(4)10(3)9(8)2/h7H,1-6H3. The third-order valence-electron chi connectivity index (χ3n) is 3.35. The maximum absolute atomic E-state index is 6.46. The molecule has 84 valence electrons. The van der Waals surface area contributed by atoms with Crippen LogP contribution in [0.1, 0.15) is 22.3 Å². The molecule has 0 aromatic heterocycles. The molecule has 0 saturated carbocycles. The van der Waals surface area contributed by atoms with Crippen molar-refractivity contribution in [2.24, 2.45) is 0 Å². The average molecular weight is 243 g/mol. The fourth-order valence-electron chi connectivity index (χ4n) is 1.79. The van der Waals surface area contributed by atoms with Gasteiger partial charge in [-0.1, -0.05) is 6.07 Å². The van der Waals surface area contributed by atoms with E-state index in [1.54, 1.807) is 7.11 Å². The zero-order valence-corrected chi connectivity index (χ0v) is 12.1. The minimum absolute atomic E-state index is 1.20. The van der Waals surface area contributed by atoms with E-state index >= 15 is 0 Å². The zero-order chi connectivity index (χ0) is 11.8. The minimum Gasteiger partial charge on any atom is -0.403 e. The van der Waals surface area contributed by atoms with E-state index in [-0.39, 0.29) is 0 Å². The van der Waals surface area contributed by atoms with Gasteiger partial charge in [-0.3, -0.25) is 0 Å². The van der Waals surface area contributed by atoms with Crippen LogP contribution in [0.25, 0.3) is 0 Å². The zero-order valence-electron chi connectivity index (χ0n) is 10.4. The van der Waals surface area contributed by atoms with E-state index in [1.807, 2.05) is 6.55 Å². The van der Waals surface area contributed by atoms with Gasteiger partial charge in [0, 0.05) is 7.11 Å². The molecular weight excluding hydrogens is 224 g/mol. The summed E-state index contributed by atoms with van der Waals surface area (Å²) in [5, 5.41) is 1.20. The molecule has 0 spiro atoms. The highest BCUT2D eigenvalue weighted by molar-refractivity contribution is 7.23. The predicted octanol–water partition coefficient (Wildman–Crippen LogP) is 3.08. The normalized spacial score (nSPS) is 15.1. The van der Waals surface area contributed by atoms with Crippen molar-refractivity contribution in [2.75, 3.05) is 7.11 Å². The van der Waals surface area contributed by atoms with E-state index in [0.717, 1.165) is 0 Å². The molecule has 15 heavy (non-hydrogen) atoms. The summed E-state index contributed by atoms with van der Waals surface area (Å²) in [6.07, 6.45) is 0. The van der Waals surface area contributed by atoms with Crippen molar-refractivity contribution in [1.29, 1.82) is 0 Å². The van der Waals surface area contributed by atoms with Crippen molar-refractivity contribution >= 4 is 23.9 Å². The van der Waals surface area contributed by atoms with Gasteiger partial charge in [-0.05, 0) is 61.7 Å². The van der Waals surface area contributed by atoms with Gasteiger partial charge in [0.25, 0.3) is 0 Å². The van der Waals surface area contributed by atoms with Crippen LogP contribution in [-0.4, -0.2) is 14.7 Å². The Labute approximate surface area is 98.2 Å². The van der Waals surface area contributed by atoms with E-state index < -0.39 is 7.63 Å². The Bertz CT molecular complexity index is 386. The van der Waals surface area contributed by atoms with Gasteiger partial charge < -0.3 is 4.43 Å². The van der Waals surface area contributed by atoms with Crippen LogP contribution in [0.15, 0.2) is 6.07 Å². The van der Waals surface area contributed by atoms with Gasteiger partial charge in [-0.2, -0.15) is 0 Å². The summed E-state index contributed by atoms with van der Waals surface area (Å²) in [4.78, 5) is 0. The lowest BCUT2D eigenvalue weighted by atomic mass is 10.00. The smallest absolute Gasteiger partial charge is 0.319 e. The number of aryl methyl sites for hydroxylation is 1. The molecule has 1 unspecified atom stereocenters. The molecule has 1 rings (SSSR count). The Morgan fingerprint density at radius 2 is 1.60 bits per heavy atom. The second-order valence-corrected chi connectivity index (χ2v) is 9.18. The fourth-order valence-corrected chi connectivity index (χ4v) is 3.93. The predicted molar refractivity (Wildman–Crippen MR) is 69.5 cm³/mol. The molecular formula is C12H19ClOSi. The van der Waals surface area contributed by atoms with Crippen molar-refractivity contribution in [2.45, 2.75) is 34.2 Å². The molecule has 0 amide bonds. The van der Waals surface area contributed by atoms with E-state index in [2.05, 4.69) is 33.8 Å². The molecule has 0 aliphatic heterocycles. The molecule has 0 heterocycles. The summed E-state index contributed by atoms with van der Waals surface area (Å²) in [5.74, 6) is 0. The van der Waals surface area contributed by atoms with Gasteiger partial charge in [-0.15, -0.1) is 11.1 Å². The van der Waals surface area contributed by atoms with Crippen LogP contribution in [0.2, 0.25) is 6.55 Å². The summed E-state index contributed by atoms with van der Waals surface area (Å²) in [7, 11) is -0.514. The summed E-state index contributed by atoms with van der Waals surface area (Å²) in [6.45, 7) is 10.6. The lowest BCUT2D eigenvalue weighted by molar-refractivity contribution is 0.427. The number of hydrogen-bond donors (Lipinski definition) is 0. The maximum atomic E-state index is 6.46. The minimum atomic E-state index is -2.21. The highest BCUT2D eigenvalue weighted by Crippen LogP contribution is 2.20. The molecule has 0 aliphatic rings. The Morgan fingerprint density at radius 3 is 2.07 bits per heavy atom. The second kappa shape index (κ2) is 4.28. The molecule has 0 saturated heterocycles. The summed E-state index contributed by atoms with van der Waals surface area (Å²) in [6, 6.07) is 2.18. The van der Waals surface area contributed by atoms with E-state index in [9.17, 15) is 0 Å². The number of rotatable bonds is 2. The largest absolute Gasteiger partial charge is 0.403 e. The average Bonchev–Trinajstić information content (AvgIpc) is 2.20. The van der Waals surface area contributed by atoms with Crippen LogP contribution >= 0.6 is 11.1 Å². The van der Waals surface area contributed by atoms with Crippen molar-refractivity contribution in [3.8, 4) is 0 Å². The number of benzene rings is 1. The molecule has 0 aliphatic carbocycles. The SMILES string of the molecule is CO[Si](C)(Cl)c1cc(C)c(C)c(C)c1C. The van der Waals surface area contributed by atoms with Crippen LogP contribution in [0.4, 0.5) is 0 Å². The van der Waals surface area contributed by atoms with Crippen molar-refractivity contribution < 1.29 is 4.43 Å². The van der Waals surface area contributed by atoms with E-state index in [0.29, 0.717) is 0 Å². The van der Waals surface area contributed by atoms with Crippen LogP contribution in [-0.2, 0) is 4.43 Å². The van der Waals surface area contributed by atoms with Crippen molar-refractivity contribution in [3.63, 3.8) is 0 Å². The monoisotopic (exact) mass is 242 g/mol. The summed E-state index contributed by atoms with van der Waals surface area (Å²) >= 11 is 6.46. The van der Waals surface area contributed by atoms with Crippen molar-refractivity contribution in [1.82, 2.24) is 0 Å². The van der Waals surface area contributed by atoms with Gasteiger partial charge >= 0.3 is 7.63 Å². The lowest BCUT2D eigenvalue weighted by Gasteiger charge is -2.23. The van der Waals surface area contributed by atoms with Gasteiger partial charge in [0.2, 0.25) is 0 Å². The third kappa shape index (κ3) is 2.27. The first-order chi connectivity index (χ1) is 6.81. The molecule has 0 fully saturated rings.